The fourth-order valence-electron chi connectivity index (χ4n) is 4.13. The highest BCUT2D eigenvalue weighted by Gasteiger charge is 2.32. The molecular formula is C23H28N4O2S. The van der Waals surface area contributed by atoms with Crippen molar-refractivity contribution >= 4 is 33.1 Å². The number of nitrogens with one attached hydrogen (secondary N) is 1. The van der Waals surface area contributed by atoms with E-state index in [9.17, 15) is 9.59 Å². The van der Waals surface area contributed by atoms with Crippen LogP contribution in [0.5, 0.6) is 0 Å². The minimum Gasteiger partial charge on any atom is -0.324 e. The first-order valence-electron chi connectivity index (χ1n) is 10.4. The van der Waals surface area contributed by atoms with E-state index < -0.39 is 0 Å². The molecule has 0 saturated heterocycles. The number of amides is 1. The molecule has 3 aromatic rings. The summed E-state index contributed by atoms with van der Waals surface area (Å²) in [6.45, 7) is 10.7. The van der Waals surface area contributed by atoms with Crippen LogP contribution in [0.1, 0.15) is 48.8 Å². The van der Waals surface area contributed by atoms with Crippen LogP contribution in [0.2, 0.25) is 0 Å². The second-order valence-electron chi connectivity index (χ2n) is 9.39. The normalized spacial score (nSPS) is 16.5. The Labute approximate surface area is 180 Å². The van der Waals surface area contributed by atoms with Crippen LogP contribution in [-0.4, -0.2) is 20.9 Å². The monoisotopic (exact) mass is 424 g/mol. The number of carbonyl (C=O) groups is 1. The van der Waals surface area contributed by atoms with Gasteiger partial charge < -0.3 is 5.32 Å². The maximum atomic E-state index is 13.1. The van der Waals surface area contributed by atoms with Gasteiger partial charge in [-0.2, -0.15) is 0 Å². The second-order valence-corrected chi connectivity index (χ2v) is 10.5. The zero-order valence-electron chi connectivity index (χ0n) is 18.2. The molecule has 158 valence electrons. The van der Waals surface area contributed by atoms with Crippen LogP contribution < -0.4 is 10.9 Å². The van der Waals surface area contributed by atoms with Gasteiger partial charge in [0.2, 0.25) is 5.91 Å². The van der Waals surface area contributed by atoms with Crippen LogP contribution in [0.15, 0.2) is 23.0 Å². The Morgan fingerprint density at radius 1 is 1.27 bits per heavy atom. The highest BCUT2D eigenvalue weighted by atomic mass is 32.1. The summed E-state index contributed by atoms with van der Waals surface area (Å²) in [6.07, 6.45) is 2.93. The molecule has 1 amide bonds. The van der Waals surface area contributed by atoms with Gasteiger partial charge in [0.1, 0.15) is 6.54 Å². The van der Waals surface area contributed by atoms with Crippen molar-refractivity contribution in [2.24, 2.45) is 11.3 Å². The van der Waals surface area contributed by atoms with Gasteiger partial charge in [-0.1, -0.05) is 32.1 Å². The molecule has 1 aliphatic carbocycles. The van der Waals surface area contributed by atoms with E-state index in [1.807, 2.05) is 32.0 Å². The summed E-state index contributed by atoms with van der Waals surface area (Å²) in [5.41, 5.74) is 4.11. The Morgan fingerprint density at radius 2 is 2.03 bits per heavy atom. The molecule has 1 N–H and O–H groups in total. The zero-order chi connectivity index (χ0) is 21.6. The molecule has 0 saturated carbocycles. The number of hydrogen-bond acceptors (Lipinski definition) is 5. The third-order valence-electron chi connectivity index (χ3n) is 6.25. The van der Waals surface area contributed by atoms with Crippen molar-refractivity contribution in [3.63, 3.8) is 0 Å². The van der Waals surface area contributed by atoms with Crippen molar-refractivity contribution in [1.29, 1.82) is 0 Å². The summed E-state index contributed by atoms with van der Waals surface area (Å²) in [4.78, 5) is 27.6. The number of hydrogen-bond donors (Lipinski definition) is 1. The number of thiophene rings is 1. The lowest BCUT2D eigenvalue weighted by molar-refractivity contribution is -0.117. The molecule has 6 nitrogen and oxygen atoms in total. The Kier molecular flexibility index (Phi) is 5.26. The highest BCUT2D eigenvalue weighted by Crippen LogP contribution is 2.41. The van der Waals surface area contributed by atoms with Gasteiger partial charge in [-0.25, -0.2) is 4.68 Å². The van der Waals surface area contributed by atoms with E-state index in [0.717, 1.165) is 36.0 Å². The Hall–Kier alpha value is -2.54. The maximum absolute atomic E-state index is 13.1. The van der Waals surface area contributed by atoms with Crippen LogP contribution in [-0.2, 0) is 24.2 Å². The number of aryl methyl sites for hydroxylation is 3. The average molecular weight is 425 g/mol. The molecule has 30 heavy (non-hydrogen) atoms. The number of fused-ring (bicyclic) bond motifs is 3. The standard InChI is InChI=1S/C23H28N4O2S/c1-13-6-8-16(10-14(13)2)24-19(28)12-27-22(29)20-17-9-7-15(23(3,4)5)11-18(17)30-21(20)25-26-27/h6,8,10,15H,7,9,11-12H2,1-5H3,(H,24,28). The van der Waals surface area contributed by atoms with E-state index in [1.54, 1.807) is 11.3 Å². The lowest BCUT2D eigenvalue weighted by atomic mass is 9.72. The fourth-order valence-corrected chi connectivity index (χ4v) is 5.36. The van der Waals surface area contributed by atoms with Gasteiger partial charge in [0.05, 0.1) is 5.39 Å². The average Bonchev–Trinajstić information content (AvgIpc) is 3.05. The van der Waals surface area contributed by atoms with Gasteiger partial charge in [0.15, 0.2) is 4.83 Å². The molecule has 0 bridgehead atoms. The number of carbonyl (C=O) groups excluding carboxylic acids is 1. The number of benzene rings is 1. The molecule has 0 fully saturated rings. The lowest BCUT2D eigenvalue weighted by Gasteiger charge is -2.33. The largest absolute Gasteiger partial charge is 0.324 e. The molecular weight excluding hydrogens is 396 g/mol. The lowest BCUT2D eigenvalue weighted by Crippen LogP contribution is -2.31. The molecule has 2 heterocycles. The van der Waals surface area contributed by atoms with E-state index in [1.165, 1.54) is 9.56 Å². The van der Waals surface area contributed by atoms with E-state index in [4.69, 9.17) is 0 Å². The summed E-state index contributed by atoms with van der Waals surface area (Å²) in [6, 6.07) is 5.75. The van der Waals surface area contributed by atoms with Crippen LogP contribution >= 0.6 is 11.3 Å². The fraction of sp³-hybridized carbons (Fsp3) is 0.478. The summed E-state index contributed by atoms with van der Waals surface area (Å²) < 4.78 is 1.18. The number of nitrogens with zero attached hydrogens (tertiary/aromatic N) is 3. The first kappa shape index (κ1) is 20.7. The zero-order valence-corrected chi connectivity index (χ0v) is 19.0. The molecule has 1 aromatic carbocycles. The van der Waals surface area contributed by atoms with Crippen molar-refractivity contribution in [2.45, 2.75) is 60.4 Å². The molecule has 0 radical (unpaired) electrons. The Bertz CT molecular complexity index is 1190. The molecule has 7 heteroatoms. The van der Waals surface area contributed by atoms with Crippen LogP contribution in [0.25, 0.3) is 10.2 Å². The molecule has 1 unspecified atom stereocenters. The smallest absolute Gasteiger partial charge is 0.279 e. The highest BCUT2D eigenvalue weighted by molar-refractivity contribution is 7.18. The third-order valence-corrected chi connectivity index (χ3v) is 7.39. The third kappa shape index (κ3) is 3.90. The summed E-state index contributed by atoms with van der Waals surface area (Å²) in [5, 5.41) is 11.8. The van der Waals surface area contributed by atoms with Crippen LogP contribution in [0, 0.1) is 25.2 Å². The molecule has 0 aliphatic heterocycles. The Morgan fingerprint density at radius 3 is 2.73 bits per heavy atom. The second kappa shape index (κ2) is 7.61. The number of anilines is 1. The Balaban J connectivity index is 1.59. The van der Waals surface area contributed by atoms with Crippen molar-refractivity contribution in [1.82, 2.24) is 15.0 Å². The maximum Gasteiger partial charge on any atom is 0.279 e. The van der Waals surface area contributed by atoms with E-state index in [-0.39, 0.29) is 23.4 Å². The van der Waals surface area contributed by atoms with Gasteiger partial charge in [0, 0.05) is 10.6 Å². The van der Waals surface area contributed by atoms with Crippen molar-refractivity contribution in [3.05, 3.63) is 50.1 Å². The van der Waals surface area contributed by atoms with E-state index in [0.29, 0.717) is 21.8 Å². The van der Waals surface area contributed by atoms with Crippen LogP contribution in [0.4, 0.5) is 5.69 Å². The SMILES string of the molecule is Cc1ccc(NC(=O)Cn2nnc3sc4c(c3c2=O)CCC(C(C)(C)C)C4)cc1C. The first-order chi connectivity index (χ1) is 14.1. The quantitative estimate of drug-likeness (QED) is 0.682. The minimum absolute atomic E-state index is 0.149. The number of aromatic nitrogens is 3. The van der Waals surface area contributed by atoms with Crippen LogP contribution in [0.3, 0.4) is 0 Å². The molecule has 2 aromatic heterocycles. The summed E-state index contributed by atoms with van der Waals surface area (Å²) in [5.74, 6) is 0.308. The van der Waals surface area contributed by atoms with Crippen molar-refractivity contribution < 1.29 is 4.79 Å². The number of rotatable bonds is 3. The molecule has 1 atom stereocenters. The van der Waals surface area contributed by atoms with Gasteiger partial charge in [0.25, 0.3) is 5.56 Å². The molecule has 0 spiro atoms. The molecule has 4 rings (SSSR count). The first-order valence-corrected chi connectivity index (χ1v) is 11.2. The van der Waals surface area contributed by atoms with E-state index in [2.05, 4.69) is 36.4 Å². The predicted molar refractivity (Wildman–Crippen MR) is 121 cm³/mol. The summed E-state index contributed by atoms with van der Waals surface area (Å²) in [7, 11) is 0. The topological polar surface area (TPSA) is 76.9 Å². The predicted octanol–water partition coefficient (Wildman–Crippen LogP) is 4.26. The van der Waals surface area contributed by atoms with Crippen molar-refractivity contribution in [3.8, 4) is 0 Å². The summed E-state index contributed by atoms with van der Waals surface area (Å²) >= 11 is 1.58. The van der Waals surface area contributed by atoms with Gasteiger partial charge in [-0.3, -0.25) is 9.59 Å². The van der Waals surface area contributed by atoms with E-state index >= 15 is 0 Å². The van der Waals surface area contributed by atoms with Gasteiger partial charge >= 0.3 is 0 Å². The van der Waals surface area contributed by atoms with Crippen molar-refractivity contribution in [2.75, 3.05) is 5.32 Å². The van der Waals surface area contributed by atoms with Gasteiger partial charge in [-0.05, 0) is 73.3 Å². The molecule has 1 aliphatic rings. The van der Waals surface area contributed by atoms with Gasteiger partial charge in [-0.15, -0.1) is 16.4 Å². The minimum atomic E-state index is -0.286.